The number of hydrogen-bond donors (Lipinski definition) is 2. The summed E-state index contributed by atoms with van der Waals surface area (Å²) in [6.07, 6.45) is 3.37. The van der Waals surface area contributed by atoms with E-state index in [9.17, 15) is 14.4 Å². The fourth-order valence-electron chi connectivity index (χ4n) is 4.96. The van der Waals surface area contributed by atoms with Crippen LogP contribution in [0.15, 0.2) is 60.7 Å². The van der Waals surface area contributed by atoms with Crippen LogP contribution in [0.1, 0.15) is 41.6 Å². The fourth-order valence-corrected chi connectivity index (χ4v) is 5.18. The van der Waals surface area contributed by atoms with Crippen molar-refractivity contribution in [2.24, 2.45) is 0 Å². The number of benzene rings is 3. The minimum atomic E-state index is -0.444. The molecule has 9 heteroatoms. The van der Waals surface area contributed by atoms with Gasteiger partial charge in [-0.1, -0.05) is 48.0 Å². The van der Waals surface area contributed by atoms with Crippen LogP contribution in [-0.4, -0.2) is 63.2 Å². The summed E-state index contributed by atoms with van der Waals surface area (Å²) in [7, 11) is 5.84. The van der Waals surface area contributed by atoms with Gasteiger partial charge < -0.3 is 19.3 Å². The van der Waals surface area contributed by atoms with Crippen LogP contribution >= 0.6 is 11.6 Å². The van der Waals surface area contributed by atoms with E-state index in [1.807, 2.05) is 48.5 Å². The molecule has 1 saturated heterocycles. The lowest BCUT2D eigenvalue weighted by Crippen LogP contribution is -2.48. The minimum absolute atomic E-state index is 0.0781. The normalized spacial score (nSPS) is 14.6. The second-order valence-corrected chi connectivity index (χ2v) is 11.4. The molecule has 2 amide bonds. The van der Waals surface area contributed by atoms with Crippen LogP contribution < -0.4 is 15.4 Å². The zero-order valence-electron chi connectivity index (χ0n) is 23.7. The first-order chi connectivity index (χ1) is 19.7. The van der Waals surface area contributed by atoms with Crippen LogP contribution in [0.2, 0.25) is 5.02 Å². The lowest BCUT2D eigenvalue weighted by molar-refractivity contribution is -0.896. The van der Waals surface area contributed by atoms with Crippen molar-refractivity contribution in [3.05, 3.63) is 76.8 Å². The Morgan fingerprint density at radius 1 is 1.00 bits per heavy atom. The van der Waals surface area contributed by atoms with Crippen molar-refractivity contribution in [2.45, 2.75) is 38.2 Å². The van der Waals surface area contributed by atoms with Crippen LogP contribution in [0.25, 0.3) is 11.1 Å². The van der Waals surface area contributed by atoms with E-state index < -0.39 is 6.09 Å². The van der Waals surface area contributed by atoms with Crippen molar-refractivity contribution < 1.29 is 28.3 Å². The van der Waals surface area contributed by atoms with E-state index in [1.54, 1.807) is 6.07 Å². The summed E-state index contributed by atoms with van der Waals surface area (Å²) in [5.41, 5.74) is 4.29. The number of aryl methyl sites for hydroxylation is 1. The second kappa shape index (κ2) is 13.7. The number of hydrogen-bond acceptors (Lipinski definition) is 5. The number of nitrogens with zero attached hydrogens (tertiary/aromatic N) is 1. The molecule has 4 rings (SSSR count). The highest BCUT2D eigenvalue weighted by molar-refractivity contribution is 6.34. The van der Waals surface area contributed by atoms with Gasteiger partial charge in [0, 0.05) is 30.9 Å². The van der Waals surface area contributed by atoms with Gasteiger partial charge in [0.15, 0.2) is 6.29 Å². The first-order valence-corrected chi connectivity index (χ1v) is 14.2. The van der Waals surface area contributed by atoms with Crippen molar-refractivity contribution >= 4 is 41.3 Å². The number of aldehydes is 1. The van der Waals surface area contributed by atoms with Gasteiger partial charge in [0.1, 0.15) is 11.9 Å². The Morgan fingerprint density at radius 3 is 2.41 bits per heavy atom. The summed E-state index contributed by atoms with van der Waals surface area (Å²) in [4.78, 5) is 36.6. The third-order valence-electron chi connectivity index (χ3n) is 7.38. The highest BCUT2D eigenvalue weighted by atomic mass is 35.5. The average Bonchev–Trinajstić information content (AvgIpc) is 2.96. The Labute approximate surface area is 246 Å². The Bertz CT molecular complexity index is 1380. The maximum atomic E-state index is 12.8. The van der Waals surface area contributed by atoms with Gasteiger partial charge in [-0.15, -0.1) is 0 Å². The van der Waals surface area contributed by atoms with Crippen molar-refractivity contribution in [1.29, 1.82) is 0 Å². The van der Waals surface area contributed by atoms with E-state index in [0.29, 0.717) is 41.8 Å². The molecule has 0 radical (unpaired) electrons. The standard InChI is InChI=1S/C32H36ClN3O5/c1-36(2)16-14-25(15-17-36)41-32(39)35-28-13-12-22(18-26(28)23-9-5-4-6-10-23)8-7-11-31(38)34-29-20-30(40-3)24(21-37)19-27(29)33/h4-6,9-10,12-13,18-21,25H,7-8,11,14-17H2,1-3H3,(H-,34,35,37,38,39)/p+1. The summed E-state index contributed by atoms with van der Waals surface area (Å²) >= 11 is 6.23. The van der Waals surface area contributed by atoms with E-state index in [4.69, 9.17) is 21.1 Å². The number of likely N-dealkylation sites (tertiary alicyclic amines) is 1. The van der Waals surface area contributed by atoms with Crippen molar-refractivity contribution in [1.82, 2.24) is 0 Å². The Hall–Kier alpha value is -3.88. The molecule has 2 N–H and O–H groups in total. The predicted molar refractivity (Wildman–Crippen MR) is 162 cm³/mol. The molecular formula is C32H37ClN3O5+. The SMILES string of the molecule is COc1cc(NC(=O)CCCc2ccc(NC(=O)OC3CC[N+](C)(C)CC3)c(-c3ccccc3)c2)c(Cl)cc1C=O. The zero-order valence-corrected chi connectivity index (χ0v) is 24.5. The maximum Gasteiger partial charge on any atom is 0.411 e. The Balaban J connectivity index is 1.38. The third-order valence-corrected chi connectivity index (χ3v) is 7.69. The molecule has 1 fully saturated rings. The smallest absolute Gasteiger partial charge is 0.411 e. The summed E-state index contributed by atoms with van der Waals surface area (Å²) in [6.45, 7) is 1.96. The molecule has 0 spiro atoms. The topological polar surface area (TPSA) is 93.7 Å². The number of halogens is 1. The first-order valence-electron chi connectivity index (χ1n) is 13.8. The van der Waals surface area contributed by atoms with E-state index in [-0.39, 0.29) is 23.5 Å². The van der Waals surface area contributed by atoms with Crippen molar-refractivity contribution in [2.75, 3.05) is 44.9 Å². The maximum absolute atomic E-state index is 12.8. The molecule has 1 heterocycles. The molecule has 3 aromatic carbocycles. The molecule has 8 nitrogen and oxygen atoms in total. The van der Waals surface area contributed by atoms with Crippen molar-refractivity contribution in [3.63, 3.8) is 0 Å². The monoisotopic (exact) mass is 578 g/mol. The number of rotatable bonds is 10. The molecule has 0 aliphatic carbocycles. The van der Waals surface area contributed by atoms with Gasteiger partial charge in [-0.3, -0.25) is 14.9 Å². The zero-order chi connectivity index (χ0) is 29.4. The van der Waals surface area contributed by atoms with E-state index >= 15 is 0 Å². The molecule has 0 atom stereocenters. The van der Waals surface area contributed by atoms with Crippen LogP contribution in [0, 0.1) is 0 Å². The number of anilines is 2. The van der Waals surface area contributed by atoms with Gasteiger partial charge in [0.2, 0.25) is 5.91 Å². The number of quaternary nitrogens is 1. The van der Waals surface area contributed by atoms with Crippen LogP contribution in [0.4, 0.5) is 16.2 Å². The van der Waals surface area contributed by atoms with Crippen LogP contribution in [0.3, 0.4) is 0 Å². The summed E-state index contributed by atoms with van der Waals surface area (Å²) < 4.78 is 11.9. The third kappa shape index (κ3) is 8.31. The average molecular weight is 579 g/mol. The number of ether oxygens (including phenoxy) is 2. The van der Waals surface area contributed by atoms with Gasteiger partial charge in [0.05, 0.1) is 56.3 Å². The lowest BCUT2D eigenvalue weighted by atomic mass is 9.98. The van der Waals surface area contributed by atoms with E-state index in [0.717, 1.165) is 47.1 Å². The van der Waals surface area contributed by atoms with Crippen LogP contribution in [0.5, 0.6) is 5.75 Å². The Kier molecular flexibility index (Phi) is 10.0. The molecule has 3 aromatic rings. The van der Waals surface area contributed by atoms with Gasteiger partial charge in [-0.2, -0.15) is 0 Å². The number of carbonyl (C=O) groups excluding carboxylic acids is 3. The molecular weight excluding hydrogens is 542 g/mol. The molecule has 0 unspecified atom stereocenters. The number of carbonyl (C=O) groups is 3. The molecule has 1 aliphatic heterocycles. The van der Waals surface area contributed by atoms with E-state index in [1.165, 1.54) is 13.2 Å². The Morgan fingerprint density at radius 2 is 1.73 bits per heavy atom. The molecule has 0 bridgehead atoms. The molecule has 0 aromatic heterocycles. The molecule has 1 aliphatic rings. The first kappa shape index (κ1) is 30.1. The van der Waals surface area contributed by atoms with Crippen molar-refractivity contribution in [3.8, 4) is 16.9 Å². The highest BCUT2D eigenvalue weighted by Gasteiger charge is 2.28. The number of piperidine rings is 1. The second-order valence-electron chi connectivity index (χ2n) is 11.0. The quantitative estimate of drug-likeness (QED) is 0.209. The summed E-state index contributed by atoms with van der Waals surface area (Å²) in [6, 6.07) is 18.8. The van der Waals surface area contributed by atoms with Gasteiger partial charge >= 0.3 is 6.09 Å². The highest BCUT2D eigenvalue weighted by Crippen LogP contribution is 2.32. The van der Waals surface area contributed by atoms with Crippen LogP contribution in [-0.2, 0) is 16.0 Å². The minimum Gasteiger partial charge on any atom is -0.496 e. The summed E-state index contributed by atoms with van der Waals surface area (Å²) in [5, 5.41) is 6.02. The fraction of sp³-hybridized carbons (Fsp3) is 0.344. The molecule has 216 valence electrons. The summed E-state index contributed by atoms with van der Waals surface area (Å²) in [5.74, 6) is 0.148. The lowest BCUT2D eigenvalue weighted by Gasteiger charge is -2.36. The predicted octanol–water partition coefficient (Wildman–Crippen LogP) is 6.58. The van der Waals surface area contributed by atoms with E-state index in [2.05, 4.69) is 24.7 Å². The van der Waals surface area contributed by atoms with Gasteiger partial charge in [-0.05, 0) is 42.2 Å². The molecule has 0 saturated carbocycles. The van der Waals surface area contributed by atoms with Gasteiger partial charge in [0.25, 0.3) is 0 Å². The number of nitrogens with one attached hydrogen (secondary N) is 2. The molecule has 41 heavy (non-hydrogen) atoms. The van der Waals surface area contributed by atoms with Gasteiger partial charge in [-0.25, -0.2) is 4.79 Å². The number of methoxy groups -OCH3 is 1. The number of amides is 2. The largest absolute Gasteiger partial charge is 0.496 e.